The van der Waals surface area contributed by atoms with Gasteiger partial charge in [0, 0.05) is 13.2 Å². The Kier molecular flexibility index (Phi) is 3.58. The van der Waals surface area contributed by atoms with Crippen LogP contribution in [0.1, 0.15) is 6.92 Å². The van der Waals surface area contributed by atoms with Gasteiger partial charge in [-0.05, 0) is 18.1 Å². The quantitative estimate of drug-likeness (QED) is 0.883. The lowest BCUT2D eigenvalue weighted by atomic mass is 10.2. The largest absolute Gasteiger partial charge is 0.396 e. The van der Waals surface area contributed by atoms with Gasteiger partial charge < -0.3 is 10.4 Å². The molecule has 1 aromatic carbocycles. The van der Waals surface area contributed by atoms with E-state index in [0.717, 1.165) is 16.7 Å². The van der Waals surface area contributed by atoms with Crippen molar-refractivity contribution in [3.05, 3.63) is 17.2 Å². The molecule has 86 valence electrons. The molecule has 0 aliphatic heterocycles. The maximum atomic E-state index is 8.96. The van der Waals surface area contributed by atoms with E-state index in [4.69, 9.17) is 16.7 Å². The van der Waals surface area contributed by atoms with Crippen molar-refractivity contribution in [3.63, 3.8) is 0 Å². The number of hydrogen-bond acceptors (Lipinski definition) is 5. The molecule has 0 fully saturated rings. The molecule has 0 saturated heterocycles. The summed E-state index contributed by atoms with van der Waals surface area (Å²) in [7, 11) is 0. The minimum atomic E-state index is 0.149. The van der Waals surface area contributed by atoms with Crippen LogP contribution in [0.15, 0.2) is 12.1 Å². The Morgan fingerprint density at radius 2 is 2.31 bits per heavy atom. The average molecular weight is 258 g/mol. The Morgan fingerprint density at radius 3 is 3.06 bits per heavy atom. The fraction of sp³-hybridized carbons (Fsp3) is 0.400. The third-order valence-corrected chi connectivity index (χ3v) is 3.17. The number of benzene rings is 1. The molecule has 2 N–H and O–H groups in total. The molecule has 6 heteroatoms. The molecule has 1 unspecified atom stereocenters. The van der Waals surface area contributed by atoms with E-state index in [1.807, 2.05) is 13.0 Å². The highest BCUT2D eigenvalue weighted by Crippen LogP contribution is 2.29. The van der Waals surface area contributed by atoms with Gasteiger partial charge in [0.05, 0.1) is 22.4 Å². The molecule has 4 nitrogen and oxygen atoms in total. The normalized spacial score (nSPS) is 12.9. The highest BCUT2D eigenvalue weighted by Gasteiger charge is 2.10. The average Bonchev–Trinajstić information content (AvgIpc) is 2.75. The number of nitrogens with one attached hydrogen (secondary N) is 1. The summed E-state index contributed by atoms with van der Waals surface area (Å²) in [5.41, 5.74) is 2.43. The van der Waals surface area contributed by atoms with Gasteiger partial charge in [-0.15, -0.1) is 0 Å². The first-order valence-corrected chi connectivity index (χ1v) is 6.08. The van der Waals surface area contributed by atoms with Crippen LogP contribution in [0.25, 0.3) is 11.0 Å². The second-order valence-corrected chi connectivity index (χ2v) is 4.66. The molecule has 0 bridgehead atoms. The molecule has 1 heterocycles. The highest BCUT2D eigenvalue weighted by atomic mass is 35.5. The summed E-state index contributed by atoms with van der Waals surface area (Å²) in [6.45, 7) is 2.77. The number of aliphatic hydroxyl groups excluding tert-OH is 1. The van der Waals surface area contributed by atoms with Crippen molar-refractivity contribution in [1.82, 2.24) is 8.75 Å². The van der Waals surface area contributed by atoms with E-state index in [1.165, 1.54) is 11.7 Å². The molecule has 0 spiro atoms. The number of rotatable bonds is 4. The number of aliphatic hydroxyl groups is 1. The first kappa shape index (κ1) is 11.6. The summed E-state index contributed by atoms with van der Waals surface area (Å²) in [5.74, 6) is 0.179. The Morgan fingerprint density at radius 1 is 1.50 bits per heavy atom. The molecule has 16 heavy (non-hydrogen) atoms. The SMILES string of the molecule is CC(CO)CNc1c(Cl)ccc2nsnc12. The Labute approximate surface area is 103 Å². The van der Waals surface area contributed by atoms with Gasteiger partial charge >= 0.3 is 0 Å². The van der Waals surface area contributed by atoms with E-state index in [0.29, 0.717) is 11.6 Å². The van der Waals surface area contributed by atoms with Crippen LogP contribution in [0.5, 0.6) is 0 Å². The van der Waals surface area contributed by atoms with Crippen molar-refractivity contribution in [2.75, 3.05) is 18.5 Å². The Balaban J connectivity index is 2.27. The fourth-order valence-corrected chi connectivity index (χ4v) is 2.10. The second kappa shape index (κ2) is 4.95. The molecule has 0 amide bonds. The van der Waals surface area contributed by atoms with Crippen molar-refractivity contribution in [2.24, 2.45) is 5.92 Å². The highest BCUT2D eigenvalue weighted by molar-refractivity contribution is 7.00. The predicted molar refractivity (Wildman–Crippen MR) is 67.2 cm³/mol. The van der Waals surface area contributed by atoms with Crippen LogP contribution in [-0.4, -0.2) is 27.0 Å². The van der Waals surface area contributed by atoms with E-state index < -0.39 is 0 Å². The standard InChI is InChI=1S/C10H12ClN3OS/c1-6(5-15)4-12-9-7(11)2-3-8-10(9)14-16-13-8/h2-3,6,12,15H,4-5H2,1H3. The van der Waals surface area contributed by atoms with Crippen LogP contribution in [0, 0.1) is 5.92 Å². The third-order valence-electron chi connectivity index (χ3n) is 2.32. The van der Waals surface area contributed by atoms with Gasteiger partial charge in [0.25, 0.3) is 0 Å². The minimum Gasteiger partial charge on any atom is -0.396 e. The number of anilines is 1. The van der Waals surface area contributed by atoms with Gasteiger partial charge in [0.1, 0.15) is 11.0 Å². The van der Waals surface area contributed by atoms with Gasteiger partial charge in [-0.2, -0.15) is 8.75 Å². The van der Waals surface area contributed by atoms with Gasteiger partial charge in [0.15, 0.2) is 0 Å². The zero-order chi connectivity index (χ0) is 11.5. The van der Waals surface area contributed by atoms with Crippen LogP contribution in [-0.2, 0) is 0 Å². The zero-order valence-corrected chi connectivity index (χ0v) is 10.3. The molecule has 1 atom stereocenters. The van der Waals surface area contributed by atoms with Crippen LogP contribution in [0.3, 0.4) is 0 Å². The number of fused-ring (bicyclic) bond motifs is 1. The van der Waals surface area contributed by atoms with Gasteiger partial charge in [-0.3, -0.25) is 0 Å². The molecule has 2 aromatic rings. The second-order valence-electron chi connectivity index (χ2n) is 3.72. The first-order chi connectivity index (χ1) is 7.72. The number of hydrogen-bond donors (Lipinski definition) is 2. The fourth-order valence-electron chi connectivity index (χ4n) is 1.34. The van der Waals surface area contributed by atoms with E-state index in [-0.39, 0.29) is 12.5 Å². The zero-order valence-electron chi connectivity index (χ0n) is 8.77. The van der Waals surface area contributed by atoms with Crippen molar-refractivity contribution >= 4 is 40.0 Å². The van der Waals surface area contributed by atoms with Crippen molar-refractivity contribution in [2.45, 2.75) is 6.92 Å². The lowest BCUT2D eigenvalue weighted by Crippen LogP contribution is -2.14. The minimum absolute atomic E-state index is 0.149. The lowest BCUT2D eigenvalue weighted by Gasteiger charge is -2.12. The molecule has 0 radical (unpaired) electrons. The molecule has 0 aliphatic rings. The summed E-state index contributed by atoms with van der Waals surface area (Å²) < 4.78 is 8.35. The van der Waals surface area contributed by atoms with E-state index >= 15 is 0 Å². The Hall–Kier alpha value is -0.910. The maximum absolute atomic E-state index is 8.96. The van der Waals surface area contributed by atoms with Crippen LogP contribution >= 0.6 is 23.3 Å². The van der Waals surface area contributed by atoms with Gasteiger partial charge in [0.2, 0.25) is 0 Å². The van der Waals surface area contributed by atoms with Crippen LogP contribution < -0.4 is 5.32 Å². The lowest BCUT2D eigenvalue weighted by molar-refractivity contribution is 0.244. The molecule has 2 rings (SSSR count). The van der Waals surface area contributed by atoms with E-state index in [1.54, 1.807) is 6.07 Å². The summed E-state index contributed by atoms with van der Waals surface area (Å²) in [4.78, 5) is 0. The maximum Gasteiger partial charge on any atom is 0.129 e. The Bertz CT molecular complexity index is 488. The van der Waals surface area contributed by atoms with Crippen molar-refractivity contribution in [1.29, 1.82) is 0 Å². The molecule has 1 aromatic heterocycles. The number of aromatic nitrogens is 2. The van der Waals surface area contributed by atoms with Crippen LogP contribution in [0.4, 0.5) is 5.69 Å². The summed E-state index contributed by atoms with van der Waals surface area (Å²) in [6, 6.07) is 3.65. The van der Waals surface area contributed by atoms with E-state index in [9.17, 15) is 0 Å². The number of halogens is 1. The monoisotopic (exact) mass is 257 g/mol. The molecule has 0 aliphatic carbocycles. The topological polar surface area (TPSA) is 58.0 Å². The van der Waals surface area contributed by atoms with Crippen molar-refractivity contribution < 1.29 is 5.11 Å². The van der Waals surface area contributed by atoms with E-state index in [2.05, 4.69) is 14.1 Å². The molecular formula is C10H12ClN3OS. The third kappa shape index (κ3) is 2.26. The molecule has 0 saturated carbocycles. The van der Waals surface area contributed by atoms with Gasteiger partial charge in [-0.1, -0.05) is 18.5 Å². The summed E-state index contributed by atoms with van der Waals surface area (Å²) >= 11 is 7.27. The number of nitrogens with zero attached hydrogens (tertiary/aromatic N) is 2. The van der Waals surface area contributed by atoms with Crippen molar-refractivity contribution in [3.8, 4) is 0 Å². The smallest absolute Gasteiger partial charge is 0.129 e. The summed E-state index contributed by atoms with van der Waals surface area (Å²) in [5, 5.41) is 12.8. The molecular weight excluding hydrogens is 246 g/mol. The predicted octanol–water partition coefficient (Wildman–Crippen LogP) is 2.38. The van der Waals surface area contributed by atoms with Gasteiger partial charge in [-0.25, -0.2) is 0 Å². The van der Waals surface area contributed by atoms with Crippen LogP contribution in [0.2, 0.25) is 5.02 Å². The summed E-state index contributed by atoms with van der Waals surface area (Å²) in [6.07, 6.45) is 0. The first-order valence-electron chi connectivity index (χ1n) is 4.98.